The van der Waals surface area contributed by atoms with Gasteiger partial charge < -0.3 is 15.0 Å². The van der Waals surface area contributed by atoms with Crippen LogP contribution >= 0.6 is 11.8 Å². The van der Waals surface area contributed by atoms with Gasteiger partial charge in [0, 0.05) is 6.54 Å². The average Bonchev–Trinajstić information content (AvgIpc) is 2.84. The second-order valence-corrected chi connectivity index (χ2v) is 5.94. The van der Waals surface area contributed by atoms with Gasteiger partial charge in [0.2, 0.25) is 11.8 Å². The highest BCUT2D eigenvalue weighted by molar-refractivity contribution is 8.00. The van der Waals surface area contributed by atoms with E-state index in [0.717, 1.165) is 16.9 Å². The summed E-state index contributed by atoms with van der Waals surface area (Å²) in [6.45, 7) is 2.71. The van der Waals surface area contributed by atoms with Gasteiger partial charge in [-0.25, -0.2) is 0 Å². The standard InChI is InChI=1S/C15H20N2O3S/c1-11-3-4-13(20-2)12(7-11)5-6-16-14(18)8-17-10-21-9-15(17)19/h3-4,7H,5-6,8-10H2,1-2H3,(H,16,18). The quantitative estimate of drug-likeness (QED) is 0.858. The number of benzene rings is 1. The molecular weight excluding hydrogens is 288 g/mol. The molecule has 1 N–H and O–H groups in total. The van der Waals surface area contributed by atoms with Crippen molar-refractivity contribution >= 4 is 23.6 Å². The van der Waals surface area contributed by atoms with Crippen LogP contribution in [0.3, 0.4) is 0 Å². The van der Waals surface area contributed by atoms with Crippen molar-refractivity contribution in [3.05, 3.63) is 29.3 Å². The van der Waals surface area contributed by atoms with Crippen LogP contribution in [0.5, 0.6) is 5.75 Å². The summed E-state index contributed by atoms with van der Waals surface area (Å²) in [4.78, 5) is 24.8. The topological polar surface area (TPSA) is 58.6 Å². The summed E-state index contributed by atoms with van der Waals surface area (Å²) in [5.74, 6) is 1.85. The molecule has 0 atom stereocenters. The van der Waals surface area contributed by atoms with Crippen LogP contribution in [0, 0.1) is 6.92 Å². The van der Waals surface area contributed by atoms with Crippen LogP contribution < -0.4 is 10.1 Å². The summed E-state index contributed by atoms with van der Waals surface area (Å²) >= 11 is 1.54. The fourth-order valence-corrected chi connectivity index (χ4v) is 3.11. The Kier molecular flexibility index (Phi) is 5.50. The van der Waals surface area contributed by atoms with Gasteiger partial charge in [-0.1, -0.05) is 17.7 Å². The molecule has 1 saturated heterocycles. The summed E-state index contributed by atoms with van der Waals surface area (Å²) in [6, 6.07) is 6.00. The molecule has 5 nitrogen and oxygen atoms in total. The number of hydrogen-bond donors (Lipinski definition) is 1. The third kappa shape index (κ3) is 4.39. The highest BCUT2D eigenvalue weighted by atomic mass is 32.2. The minimum absolute atomic E-state index is 0.0375. The minimum atomic E-state index is -0.113. The Hall–Kier alpha value is -1.69. The molecule has 1 aromatic carbocycles. The average molecular weight is 308 g/mol. The highest BCUT2D eigenvalue weighted by Gasteiger charge is 2.22. The lowest BCUT2D eigenvalue weighted by Gasteiger charge is -2.14. The van der Waals surface area contributed by atoms with Crippen molar-refractivity contribution in [1.82, 2.24) is 10.2 Å². The third-order valence-corrected chi connectivity index (χ3v) is 4.26. The number of methoxy groups -OCH3 is 1. The molecule has 0 radical (unpaired) electrons. The van der Waals surface area contributed by atoms with Crippen LogP contribution in [0.2, 0.25) is 0 Å². The van der Waals surface area contributed by atoms with E-state index in [9.17, 15) is 9.59 Å². The maximum atomic E-state index is 11.8. The Balaban J connectivity index is 1.80. The van der Waals surface area contributed by atoms with Gasteiger partial charge in [0.1, 0.15) is 12.3 Å². The maximum absolute atomic E-state index is 11.8. The zero-order valence-corrected chi connectivity index (χ0v) is 13.2. The Morgan fingerprint density at radius 1 is 1.48 bits per heavy atom. The predicted octanol–water partition coefficient (Wildman–Crippen LogP) is 1.20. The molecule has 0 aliphatic carbocycles. The number of nitrogens with zero attached hydrogens (tertiary/aromatic N) is 1. The fourth-order valence-electron chi connectivity index (χ4n) is 2.21. The van der Waals surface area contributed by atoms with Crippen LogP contribution in [0.25, 0.3) is 0 Å². The van der Waals surface area contributed by atoms with Crippen molar-refractivity contribution in [1.29, 1.82) is 0 Å². The normalized spacial score (nSPS) is 14.4. The molecule has 2 amide bonds. The summed E-state index contributed by atoms with van der Waals surface area (Å²) in [5.41, 5.74) is 2.24. The van der Waals surface area contributed by atoms with E-state index in [2.05, 4.69) is 11.4 Å². The number of thioether (sulfide) groups is 1. The first-order valence-corrected chi connectivity index (χ1v) is 8.01. The minimum Gasteiger partial charge on any atom is -0.496 e. The lowest BCUT2D eigenvalue weighted by Crippen LogP contribution is -2.38. The van der Waals surface area contributed by atoms with E-state index >= 15 is 0 Å². The monoisotopic (exact) mass is 308 g/mol. The Bertz CT molecular complexity index is 534. The fraction of sp³-hybridized carbons (Fsp3) is 0.467. The molecule has 1 fully saturated rings. The zero-order chi connectivity index (χ0) is 15.2. The number of nitrogens with one attached hydrogen (secondary N) is 1. The number of rotatable bonds is 6. The van der Waals surface area contributed by atoms with E-state index < -0.39 is 0 Å². The third-order valence-electron chi connectivity index (χ3n) is 3.31. The van der Waals surface area contributed by atoms with Gasteiger partial charge >= 0.3 is 0 Å². The lowest BCUT2D eigenvalue weighted by molar-refractivity contribution is -0.132. The summed E-state index contributed by atoms with van der Waals surface area (Å²) in [6.07, 6.45) is 0.708. The number of amides is 2. The van der Waals surface area contributed by atoms with Crippen LogP contribution in [0.1, 0.15) is 11.1 Å². The molecule has 1 aliphatic heterocycles. The first kappa shape index (κ1) is 15.7. The first-order valence-electron chi connectivity index (χ1n) is 6.86. The van der Waals surface area contributed by atoms with E-state index in [1.54, 1.807) is 12.0 Å². The van der Waals surface area contributed by atoms with E-state index in [-0.39, 0.29) is 18.4 Å². The predicted molar refractivity (Wildman–Crippen MR) is 83.5 cm³/mol. The highest BCUT2D eigenvalue weighted by Crippen LogP contribution is 2.19. The molecule has 114 valence electrons. The van der Waals surface area contributed by atoms with Crippen molar-refractivity contribution in [2.75, 3.05) is 31.8 Å². The Labute approximate surface area is 129 Å². The molecule has 0 saturated carbocycles. The van der Waals surface area contributed by atoms with E-state index in [4.69, 9.17) is 4.74 Å². The SMILES string of the molecule is COc1ccc(C)cc1CCNC(=O)CN1CSCC1=O. The molecule has 0 unspecified atom stereocenters. The summed E-state index contributed by atoms with van der Waals surface area (Å²) in [7, 11) is 1.64. The number of hydrogen-bond acceptors (Lipinski definition) is 4. The molecule has 2 rings (SSSR count). The van der Waals surface area contributed by atoms with Crippen molar-refractivity contribution < 1.29 is 14.3 Å². The largest absolute Gasteiger partial charge is 0.496 e. The Morgan fingerprint density at radius 2 is 2.29 bits per heavy atom. The van der Waals surface area contributed by atoms with Gasteiger partial charge in [0.25, 0.3) is 0 Å². The van der Waals surface area contributed by atoms with E-state index in [1.807, 2.05) is 19.1 Å². The number of carbonyl (C=O) groups excluding carboxylic acids is 2. The molecule has 6 heteroatoms. The van der Waals surface area contributed by atoms with Crippen molar-refractivity contribution in [3.63, 3.8) is 0 Å². The number of carbonyl (C=O) groups is 2. The molecular formula is C15H20N2O3S. The van der Waals surface area contributed by atoms with Crippen molar-refractivity contribution in [2.24, 2.45) is 0 Å². The van der Waals surface area contributed by atoms with Gasteiger partial charge in [0.15, 0.2) is 0 Å². The van der Waals surface area contributed by atoms with Crippen molar-refractivity contribution in [2.45, 2.75) is 13.3 Å². The van der Waals surface area contributed by atoms with Crippen LogP contribution in [-0.2, 0) is 16.0 Å². The molecule has 0 aromatic heterocycles. The van der Waals surface area contributed by atoms with Crippen molar-refractivity contribution in [3.8, 4) is 5.75 Å². The summed E-state index contributed by atoms with van der Waals surface area (Å²) in [5, 5.41) is 2.85. The van der Waals surface area contributed by atoms with Gasteiger partial charge in [-0.3, -0.25) is 9.59 Å². The Morgan fingerprint density at radius 3 is 2.95 bits per heavy atom. The van der Waals surface area contributed by atoms with Gasteiger partial charge in [-0.15, -0.1) is 11.8 Å². The van der Waals surface area contributed by atoms with Crippen LogP contribution in [0.4, 0.5) is 0 Å². The zero-order valence-electron chi connectivity index (χ0n) is 12.3. The molecule has 1 heterocycles. The smallest absolute Gasteiger partial charge is 0.239 e. The van der Waals surface area contributed by atoms with Crippen LogP contribution in [0.15, 0.2) is 18.2 Å². The maximum Gasteiger partial charge on any atom is 0.239 e. The van der Waals surface area contributed by atoms with Crippen LogP contribution in [-0.4, -0.2) is 48.5 Å². The molecule has 0 spiro atoms. The number of aryl methyl sites for hydroxylation is 1. The molecule has 1 aromatic rings. The van der Waals surface area contributed by atoms with E-state index in [0.29, 0.717) is 24.6 Å². The molecule has 1 aliphatic rings. The first-order chi connectivity index (χ1) is 10.1. The van der Waals surface area contributed by atoms with E-state index in [1.165, 1.54) is 11.8 Å². The lowest BCUT2D eigenvalue weighted by atomic mass is 10.1. The summed E-state index contributed by atoms with van der Waals surface area (Å²) < 4.78 is 5.31. The second-order valence-electron chi connectivity index (χ2n) is 4.98. The van der Waals surface area contributed by atoms with Gasteiger partial charge in [-0.2, -0.15) is 0 Å². The molecule has 0 bridgehead atoms. The van der Waals surface area contributed by atoms with Gasteiger partial charge in [0.05, 0.1) is 18.7 Å². The second kappa shape index (κ2) is 7.36. The molecule has 21 heavy (non-hydrogen) atoms. The number of ether oxygens (including phenoxy) is 1. The van der Waals surface area contributed by atoms with Gasteiger partial charge in [-0.05, 0) is 25.0 Å².